The molecule has 17 heteroatoms. The minimum atomic E-state index is -5.01. The second-order valence-corrected chi connectivity index (χ2v) is 17.8. The van der Waals surface area contributed by atoms with Gasteiger partial charge in [-0.15, -0.1) is 0 Å². The second-order valence-electron chi connectivity index (χ2n) is 14.7. The monoisotopic (exact) mass is 906 g/mol. The Labute approximate surface area is 357 Å². The van der Waals surface area contributed by atoms with Crippen molar-refractivity contribution in [2.75, 3.05) is 26.4 Å². The molecule has 0 heterocycles. The Balaban J connectivity index is -0.00000101. The fourth-order valence-corrected chi connectivity index (χ4v) is 6.91. The first-order chi connectivity index (χ1) is 26.4. The average molecular weight is 909 g/mol. The molecule has 0 spiro atoms. The summed E-state index contributed by atoms with van der Waals surface area (Å²) in [6.45, 7) is 16.5. The van der Waals surface area contributed by atoms with Crippen LogP contribution in [0, 0.1) is 23.7 Å². The Morgan fingerprint density at radius 1 is 0.439 bits per heavy atom. The van der Waals surface area contributed by atoms with Crippen LogP contribution in [0.25, 0.3) is 0 Å². The number of carbonyl (C=O) groups is 4. The Bertz CT molecular complexity index is 1190. The second kappa shape index (κ2) is 35.1. The molecule has 0 radical (unpaired) electrons. The summed E-state index contributed by atoms with van der Waals surface area (Å²) in [4.78, 5) is 48.3. The van der Waals surface area contributed by atoms with E-state index in [1.54, 1.807) is 0 Å². The molecule has 0 rings (SSSR count). The fraction of sp³-hybridized carbons (Fsp3) is 0.900. The Hall–Kier alpha value is -1.68. The van der Waals surface area contributed by atoms with Crippen molar-refractivity contribution >= 4 is 44.1 Å². The van der Waals surface area contributed by atoms with Crippen LogP contribution in [0.3, 0.4) is 0 Å². The molecular formula is C40H74O14S2Zn. The van der Waals surface area contributed by atoms with E-state index >= 15 is 0 Å². The van der Waals surface area contributed by atoms with Gasteiger partial charge in [0.2, 0.25) is 0 Å². The first-order valence-electron chi connectivity index (χ1n) is 20.9. The molecule has 14 nitrogen and oxygen atoms in total. The van der Waals surface area contributed by atoms with Crippen molar-refractivity contribution in [2.24, 2.45) is 23.7 Å². The predicted molar refractivity (Wildman–Crippen MR) is 213 cm³/mol. The summed E-state index contributed by atoms with van der Waals surface area (Å²) in [5.74, 6) is -3.49. The van der Waals surface area contributed by atoms with Gasteiger partial charge in [-0.2, -0.15) is 0 Å². The summed E-state index contributed by atoms with van der Waals surface area (Å²) < 4.78 is 89.1. The van der Waals surface area contributed by atoms with E-state index < -0.39 is 67.5 Å². The van der Waals surface area contributed by atoms with Gasteiger partial charge in [0.05, 0.1) is 39.3 Å². The van der Waals surface area contributed by atoms with Crippen LogP contribution in [0.4, 0.5) is 0 Å². The molecule has 0 aromatic rings. The number of unbranched alkanes of at least 4 members (excludes halogenated alkanes) is 4. The summed E-state index contributed by atoms with van der Waals surface area (Å²) in [5, 5.41) is -4.11. The zero-order valence-electron chi connectivity index (χ0n) is 36.3. The Morgan fingerprint density at radius 3 is 0.860 bits per heavy atom. The molecule has 6 atom stereocenters. The standard InChI is InChI=1S/2C20H38O7S.Zn/c2*1-5-9-11-16(7-3)14-26-19(21)13-18(28(23,24)25)20(22)27-15-17(8-4)12-10-6-2;/h2*16-18H,5-15H2,1-4H3,(H,23,24,25);/q;;+2/p-2. The van der Waals surface area contributed by atoms with Gasteiger partial charge < -0.3 is 28.1 Å². The maximum absolute atomic E-state index is 12.1. The quantitative estimate of drug-likeness (QED) is 0.0274. The van der Waals surface area contributed by atoms with Crippen molar-refractivity contribution in [3.8, 4) is 0 Å². The smallest absolute Gasteiger partial charge is 0.747 e. The molecule has 6 unspecified atom stereocenters. The van der Waals surface area contributed by atoms with Crippen LogP contribution in [-0.4, -0.2) is 86.7 Å². The van der Waals surface area contributed by atoms with Gasteiger partial charge in [0.25, 0.3) is 0 Å². The van der Waals surface area contributed by atoms with Crippen molar-refractivity contribution in [3.05, 3.63) is 0 Å². The van der Waals surface area contributed by atoms with Gasteiger partial charge in [-0.1, -0.05) is 132 Å². The SMILES string of the molecule is CCCCC(CC)COC(=O)CC(C(=O)OCC(CC)CCCC)S(=O)(=O)[O-].CCCCC(CC)COC(=O)CC(C(=O)OCC(CC)CCCC)S(=O)(=O)[O-].[Zn+2]. The molecule has 0 N–H and O–H groups in total. The minimum absolute atomic E-state index is 0. The topological polar surface area (TPSA) is 220 Å². The van der Waals surface area contributed by atoms with E-state index in [4.69, 9.17) is 18.9 Å². The fourth-order valence-electron chi connectivity index (χ4n) is 5.63. The third kappa shape index (κ3) is 30.1. The molecule has 0 aliphatic carbocycles. The van der Waals surface area contributed by atoms with Gasteiger partial charge in [0.1, 0.15) is 20.2 Å². The number of carbonyl (C=O) groups excluding carboxylic acids is 4. The van der Waals surface area contributed by atoms with Gasteiger partial charge >= 0.3 is 43.4 Å². The van der Waals surface area contributed by atoms with Gasteiger partial charge in [-0.25, -0.2) is 16.8 Å². The molecule has 0 aromatic heterocycles. The summed E-state index contributed by atoms with van der Waals surface area (Å²) in [6.07, 6.45) is 13.2. The van der Waals surface area contributed by atoms with Gasteiger partial charge in [-0.3, -0.25) is 19.2 Å². The van der Waals surface area contributed by atoms with Crippen LogP contribution in [0.2, 0.25) is 0 Å². The van der Waals surface area contributed by atoms with E-state index in [1.165, 1.54) is 0 Å². The zero-order valence-corrected chi connectivity index (χ0v) is 40.9. The Morgan fingerprint density at radius 2 is 0.667 bits per heavy atom. The largest absolute Gasteiger partial charge is 2.00 e. The van der Waals surface area contributed by atoms with E-state index in [1.807, 2.05) is 27.7 Å². The summed E-state index contributed by atoms with van der Waals surface area (Å²) in [7, 11) is -10.0. The third-order valence-electron chi connectivity index (χ3n) is 9.98. The number of hydrogen-bond acceptors (Lipinski definition) is 14. The van der Waals surface area contributed by atoms with Crippen LogP contribution >= 0.6 is 0 Å². The predicted octanol–water partition coefficient (Wildman–Crippen LogP) is 7.62. The Kier molecular flexibility index (Phi) is 36.7. The maximum atomic E-state index is 12.1. The molecule has 0 fully saturated rings. The molecule has 0 saturated heterocycles. The van der Waals surface area contributed by atoms with Crippen molar-refractivity contribution in [3.63, 3.8) is 0 Å². The zero-order chi connectivity index (χ0) is 43.2. The van der Waals surface area contributed by atoms with Crippen molar-refractivity contribution in [1.82, 2.24) is 0 Å². The molecule has 0 aliphatic rings. The number of hydrogen-bond donors (Lipinski definition) is 0. The molecule has 0 saturated carbocycles. The first-order valence-corrected chi connectivity index (χ1v) is 23.9. The molecule has 0 bridgehead atoms. The number of esters is 4. The van der Waals surface area contributed by atoms with Gasteiger partial charge in [-0.05, 0) is 49.4 Å². The molecule has 0 amide bonds. The van der Waals surface area contributed by atoms with Gasteiger partial charge in [0, 0.05) is 0 Å². The molecule has 0 aliphatic heterocycles. The summed E-state index contributed by atoms with van der Waals surface area (Å²) in [5.41, 5.74) is 0. The molecular weight excluding hydrogens is 834 g/mol. The summed E-state index contributed by atoms with van der Waals surface area (Å²) >= 11 is 0. The number of ether oxygens (including phenoxy) is 4. The normalized spacial score (nSPS) is 14.6. The van der Waals surface area contributed by atoms with Crippen LogP contribution in [0.1, 0.15) is 171 Å². The van der Waals surface area contributed by atoms with Crippen LogP contribution < -0.4 is 0 Å². The van der Waals surface area contributed by atoms with Crippen molar-refractivity contribution < 1.29 is 83.5 Å². The van der Waals surface area contributed by atoms with Crippen molar-refractivity contribution in [1.29, 1.82) is 0 Å². The number of rotatable bonds is 32. The molecule has 57 heavy (non-hydrogen) atoms. The van der Waals surface area contributed by atoms with E-state index in [2.05, 4.69) is 27.7 Å². The average Bonchev–Trinajstić information content (AvgIpc) is 3.15. The van der Waals surface area contributed by atoms with Crippen LogP contribution in [-0.2, 0) is 77.8 Å². The molecule has 0 aromatic carbocycles. The summed E-state index contributed by atoms with van der Waals surface area (Å²) in [6, 6.07) is 0. The van der Waals surface area contributed by atoms with E-state index in [0.29, 0.717) is 0 Å². The van der Waals surface area contributed by atoms with Crippen LogP contribution in [0.5, 0.6) is 0 Å². The van der Waals surface area contributed by atoms with E-state index in [9.17, 15) is 45.1 Å². The van der Waals surface area contributed by atoms with Gasteiger partial charge in [0.15, 0.2) is 10.5 Å². The van der Waals surface area contributed by atoms with E-state index in [0.717, 1.165) is 103 Å². The molecule has 332 valence electrons. The first kappa shape index (κ1) is 59.6. The van der Waals surface area contributed by atoms with E-state index in [-0.39, 0.29) is 69.6 Å². The minimum Gasteiger partial charge on any atom is -0.747 e. The third-order valence-corrected chi connectivity index (χ3v) is 12.1. The van der Waals surface area contributed by atoms with Crippen LogP contribution in [0.15, 0.2) is 0 Å². The van der Waals surface area contributed by atoms with Crippen molar-refractivity contribution in [2.45, 2.75) is 181 Å². The maximum Gasteiger partial charge on any atom is 2.00 e.